The number of ether oxygens (including phenoxy) is 1. The van der Waals surface area contributed by atoms with Gasteiger partial charge in [-0.15, -0.1) is 0 Å². The zero-order chi connectivity index (χ0) is 20.2. The number of piperazine rings is 1. The summed E-state index contributed by atoms with van der Waals surface area (Å²) in [6.07, 6.45) is 0. The Morgan fingerprint density at radius 1 is 1.07 bits per heavy atom. The van der Waals surface area contributed by atoms with E-state index >= 15 is 0 Å². The predicted octanol–water partition coefficient (Wildman–Crippen LogP) is 3.96. The monoisotopic (exact) mass is 392 g/mol. The summed E-state index contributed by atoms with van der Waals surface area (Å²) in [5, 5.41) is 4.08. The number of rotatable bonds is 6. The van der Waals surface area contributed by atoms with Crippen LogP contribution < -0.4 is 15.0 Å². The molecule has 2 heterocycles. The van der Waals surface area contributed by atoms with Crippen LogP contribution in [0.5, 0.6) is 5.75 Å². The van der Waals surface area contributed by atoms with Gasteiger partial charge in [0.1, 0.15) is 11.4 Å². The Hall–Kier alpha value is -2.99. The molecule has 2 aromatic carbocycles. The third kappa shape index (κ3) is 4.22. The molecule has 6 heteroatoms. The maximum Gasteiger partial charge on any atom is 0.272 e. The highest BCUT2D eigenvalue weighted by atomic mass is 16.5. The van der Waals surface area contributed by atoms with Crippen molar-refractivity contribution in [1.29, 1.82) is 0 Å². The van der Waals surface area contributed by atoms with Crippen LogP contribution in [0, 0.1) is 0 Å². The second kappa shape index (κ2) is 8.57. The number of anilines is 2. The Balaban J connectivity index is 1.52. The number of aromatic amines is 1. The minimum atomic E-state index is -0.140. The number of carbonyl (C=O) groups excluding carboxylic acids is 1. The van der Waals surface area contributed by atoms with Gasteiger partial charge in [0.05, 0.1) is 18.0 Å². The smallest absolute Gasteiger partial charge is 0.272 e. The molecule has 4 rings (SSSR count). The van der Waals surface area contributed by atoms with E-state index in [9.17, 15) is 4.79 Å². The van der Waals surface area contributed by atoms with Gasteiger partial charge < -0.3 is 24.8 Å². The molecule has 0 unspecified atom stereocenters. The Morgan fingerprint density at radius 2 is 1.86 bits per heavy atom. The molecular formula is C23H28N4O2. The van der Waals surface area contributed by atoms with Crippen LogP contribution >= 0.6 is 0 Å². The number of nitrogens with one attached hydrogen (secondary N) is 2. The number of fused-ring (bicyclic) bond motifs is 1. The minimum Gasteiger partial charge on any atom is -0.494 e. The molecule has 0 saturated carbocycles. The number of aromatic nitrogens is 1. The number of amides is 1. The van der Waals surface area contributed by atoms with E-state index < -0.39 is 0 Å². The van der Waals surface area contributed by atoms with Crippen molar-refractivity contribution < 1.29 is 9.53 Å². The van der Waals surface area contributed by atoms with E-state index in [0.717, 1.165) is 60.8 Å². The lowest BCUT2D eigenvalue weighted by atomic mass is 10.2. The van der Waals surface area contributed by atoms with Crippen LogP contribution in [0.3, 0.4) is 0 Å². The summed E-state index contributed by atoms with van der Waals surface area (Å²) in [6, 6.07) is 15.7. The Labute approximate surface area is 171 Å². The maximum atomic E-state index is 12.9. The standard InChI is InChI=1S/C23H28N4O2/c1-3-26-11-13-27(14-12-26)22-8-6-5-7-19(22)25-23(28)21-15-17-9-10-18(29-4-2)16-20(17)24-21/h5-10,15-16,24H,3-4,11-14H2,1-2H3,(H,25,28). The first-order valence-corrected chi connectivity index (χ1v) is 10.3. The van der Waals surface area contributed by atoms with Crippen LogP contribution in [-0.4, -0.2) is 55.1 Å². The molecule has 0 atom stereocenters. The van der Waals surface area contributed by atoms with E-state index in [0.29, 0.717) is 12.3 Å². The highest BCUT2D eigenvalue weighted by molar-refractivity contribution is 6.07. The van der Waals surface area contributed by atoms with Crippen LogP contribution in [-0.2, 0) is 0 Å². The number of para-hydroxylation sites is 2. The summed E-state index contributed by atoms with van der Waals surface area (Å²) in [4.78, 5) is 20.9. The molecule has 2 N–H and O–H groups in total. The molecule has 1 saturated heterocycles. The fourth-order valence-corrected chi connectivity index (χ4v) is 3.83. The molecule has 0 radical (unpaired) electrons. The van der Waals surface area contributed by atoms with Crippen LogP contribution in [0.25, 0.3) is 10.9 Å². The zero-order valence-corrected chi connectivity index (χ0v) is 17.1. The molecule has 0 aliphatic carbocycles. The summed E-state index contributed by atoms with van der Waals surface area (Å²) >= 11 is 0. The van der Waals surface area contributed by atoms with E-state index in [2.05, 4.69) is 33.1 Å². The minimum absolute atomic E-state index is 0.140. The number of H-pyrrole nitrogens is 1. The largest absolute Gasteiger partial charge is 0.494 e. The first-order valence-electron chi connectivity index (χ1n) is 10.3. The van der Waals surface area contributed by atoms with Gasteiger partial charge in [0.2, 0.25) is 0 Å². The average molecular weight is 393 g/mol. The van der Waals surface area contributed by atoms with Crippen LogP contribution in [0.2, 0.25) is 0 Å². The fraction of sp³-hybridized carbons (Fsp3) is 0.348. The van der Waals surface area contributed by atoms with Gasteiger partial charge in [-0.1, -0.05) is 19.1 Å². The van der Waals surface area contributed by atoms with Crippen LogP contribution in [0.15, 0.2) is 48.5 Å². The second-order valence-corrected chi connectivity index (χ2v) is 7.26. The molecule has 0 spiro atoms. The molecule has 1 amide bonds. The number of hydrogen-bond donors (Lipinski definition) is 2. The van der Waals surface area contributed by atoms with Gasteiger partial charge in [0.15, 0.2) is 0 Å². The van der Waals surface area contributed by atoms with Crippen molar-refractivity contribution in [2.45, 2.75) is 13.8 Å². The third-order valence-electron chi connectivity index (χ3n) is 5.46. The Kier molecular flexibility index (Phi) is 5.71. The van der Waals surface area contributed by atoms with Gasteiger partial charge in [0.25, 0.3) is 5.91 Å². The van der Waals surface area contributed by atoms with Crippen molar-refractivity contribution in [2.24, 2.45) is 0 Å². The molecule has 1 aliphatic heterocycles. The summed E-state index contributed by atoms with van der Waals surface area (Å²) < 4.78 is 5.55. The van der Waals surface area contributed by atoms with E-state index in [1.807, 2.05) is 49.4 Å². The maximum absolute atomic E-state index is 12.9. The van der Waals surface area contributed by atoms with E-state index in [1.165, 1.54) is 0 Å². The number of likely N-dealkylation sites (N-methyl/N-ethyl adjacent to an activating group) is 1. The molecular weight excluding hydrogens is 364 g/mol. The van der Waals surface area contributed by atoms with Crippen LogP contribution in [0.4, 0.5) is 11.4 Å². The Morgan fingerprint density at radius 3 is 2.62 bits per heavy atom. The van der Waals surface area contributed by atoms with Crippen LogP contribution in [0.1, 0.15) is 24.3 Å². The number of hydrogen-bond acceptors (Lipinski definition) is 4. The molecule has 152 valence electrons. The molecule has 1 fully saturated rings. The van der Waals surface area contributed by atoms with E-state index in [4.69, 9.17) is 4.74 Å². The molecule has 6 nitrogen and oxygen atoms in total. The molecule has 1 aromatic heterocycles. The van der Waals surface area contributed by atoms with Crippen molar-refractivity contribution in [3.05, 3.63) is 54.2 Å². The van der Waals surface area contributed by atoms with Gasteiger partial charge in [-0.3, -0.25) is 4.79 Å². The summed E-state index contributed by atoms with van der Waals surface area (Å²) in [5.74, 6) is 0.657. The number of benzene rings is 2. The van der Waals surface area contributed by atoms with Crippen molar-refractivity contribution in [2.75, 3.05) is 49.5 Å². The first-order chi connectivity index (χ1) is 14.2. The molecule has 0 bridgehead atoms. The van der Waals surface area contributed by atoms with Crippen molar-refractivity contribution in [3.63, 3.8) is 0 Å². The van der Waals surface area contributed by atoms with Crippen molar-refractivity contribution in [1.82, 2.24) is 9.88 Å². The fourth-order valence-electron chi connectivity index (χ4n) is 3.83. The zero-order valence-electron chi connectivity index (χ0n) is 17.1. The van der Waals surface area contributed by atoms with Crippen molar-refractivity contribution >= 4 is 28.2 Å². The highest BCUT2D eigenvalue weighted by Gasteiger charge is 2.19. The quantitative estimate of drug-likeness (QED) is 0.667. The van der Waals surface area contributed by atoms with E-state index in [-0.39, 0.29) is 5.91 Å². The average Bonchev–Trinajstić information content (AvgIpc) is 3.18. The SMILES string of the molecule is CCOc1ccc2cc(C(=O)Nc3ccccc3N3CCN(CC)CC3)[nH]c2c1. The van der Waals surface area contributed by atoms with Gasteiger partial charge in [-0.25, -0.2) is 0 Å². The van der Waals surface area contributed by atoms with Gasteiger partial charge in [-0.05, 0) is 43.8 Å². The normalized spacial score (nSPS) is 14.9. The second-order valence-electron chi connectivity index (χ2n) is 7.26. The van der Waals surface area contributed by atoms with Gasteiger partial charge >= 0.3 is 0 Å². The lowest BCUT2D eigenvalue weighted by Gasteiger charge is -2.36. The molecule has 29 heavy (non-hydrogen) atoms. The van der Waals surface area contributed by atoms with Crippen molar-refractivity contribution in [3.8, 4) is 5.75 Å². The van der Waals surface area contributed by atoms with Gasteiger partial charge in [-0.2, -0.15) is 0 Å². The first kappa shape index (κ1) is 19.3. The topological polar surface area (TPSA) is 60.6 Å². The summed E-state index contributed by atoms with van der Waals surface area (Å²) in [5.41, 5.74) is 3.35. The van der Waals surface area contributed by atoms with Gasteiger partial charge in [0, 0.05) is 43.1 Å². The molecule has 3 aromatic rings. The predicted molar refractivity (Wildman–Crippen MR) is 118 cm³/mol. The molecule has 1 aliphatic rings. The summed E-state index contributed by atoms with van der Waals surface area (Å²) in [6.45, 7) is 9.87. The lowest BCUT2D eigenvalue weighted by molar-refractivity contribution is 0.102. The Bertz CT molecular complexity index is 989. The van der Waals surface area contributed by atoms with E-state index in [1.54, 1.807) is 0 Å². The number of nitrogens with zero attached hydrogens (tertiary/aromatic N) is 2. The lowest BCUT2D eigenvalue weighted by Crippen LogP contribution is -2.46. The summed E-state index contributed by atoms with van der Waals surface area (Å²) in [7, 11) is 0. The third-order valence-corrected chi connectivity index (χ3v) is 5.46. The highest BCUT2D eigenvalue weighted by Crippen LogP contribution is 2.28. The number of carbonyl (C=O) groups is 1.